The summed E-state index contributed by atoms with van der Waals surface area (Å²) in [5.74, 6) is -0.992. The number of hydrogen-bond donors (Lipinski definition) is 3. The van der Waals surface area contributed by atoms with Crippen LogP contribution in [0.25, 0.3) is 11.0 Å². The van der Waals surface area contributed by atoms with Gasteiger partial charge in [-0.15, -0.1) is 12.4 Å². The molecule has 1 atom stereocenters. The number of fused-ring (bicyclic) bond motifs is 1. The summed E-state index contributed by atoms with van der Waals surface area (Å²) in [6.07, 6.45) is 3.74. The van der Waals surface area contributed by atoms with Crippen LogP contribution in [0.15, 0.2) is 24.5 Å². The van der Waals surface area contributed by atoms with Crippen LogP contribution in [0, 0.1) is 0 Å². The number of carboxylic acids is 1. The molecule has 0 aromatic carbocycles. The number of rotatable bonds is 3. The van der Waals surface area contributed by atoms with Crippen LogP contribution in [-0.2, 0) is 11.2 Å². The van der Waals surface area contributed by atoms with E-state index in [-0.39, 0.29) is 12.4 Å². The molecule has 0 saturated heterocycles. The number of aromatic nitrogens is 2. The zero-order valence-electron chi connectivity index (χ0n) is 8.38. The quantitative estimate of drug-likeness (QED) is 0.746. The SMILES string of the molecule is Cl.N[C@H](Cc1c[nH]c2ncccc12)C(=O)O. The normalized spacial score (nSPS) is 12.1. The van der Waals surface area contributed by atoms with E-state index in [1.807, 2.05) is 12.1 Å². The Hall–Kier alpha value is -1.59. The summed E-state index contributed by atoms with van der Waals surface area (Å²) in [4.78, 5) is 17.7. The molecule has 86 valence electrons. The highest BCUT2D eigenvalue weighted by Gasteiger charge is 2.14. The Bertz CT molecular complexity index is 498. The minimum atomic E-state index is -0.992. The Labute approximate surface area is 98.1 Å². The zero-order chi connectivity index (χ0) is 10.8. The third-order valence-corrected chi connectivity index (χ3v) is 2.29. The summed E-state index contributed by atoms with van der Waals surface area (Å²) < 4.78 is 0. The van der Waals surface area contributed by atoms with Crippen molar-refractivity contribution in [1.29, 1.82) is 0 Å². The average molecular weight is 242 g/mol. The third-order valence-electron chi connectivity index (χ3n) is 2.29. The van der Waals surface area contributed by atoms with Crippen molar-refractivity contribution in [1.82, 2.24) is 9.97 Å². The molecule has 6 heteroatoms. The Morgan fingerprint density at radius 2 is 2.38 bits per heavy atom. The lowest BCUT2D eigenvalue weighted by Gasteiger charge is -2.04. The second-order valence-corrected chi connectivity index (χ2v) is 3.36. The van der Waals surface area contributed by atoms with E-state index in [0.717, 1.165) is 16.6 Å². The molecule has 16 heavy (non-hydrogen) atoms. The molecule has 0 bridgehead atoms. The molecule has 2 heterocycles. The molecule has 2 aromatic heterocycles. The van der Waals surface area contributed by atoms with Gasteiger partial charge in [-0.05, 0) is 17.7 Å². The first kappa shape index (κ1) is 12.5. The van der Waals surface area contributed by atoms with Crippen molar-refractivity contribution in [2.24, 2.45) is 5.73 Å². The molecular formula is C10H12ClN3O2. The summed E-state index contributed by atoms with van der Waals surface area (Å²) in [5, 5.41) is 9.63. The van der Waals surface area contributed by atoms with Crippen LogP contribution in [0.4, 0.5) is 0 Å². The van der Waals surface area contributed by atoms with Gasteiger partial charge in [0, 0.05) is 24.2 Å². The van der Waals surface area contributed by atoms with Gasteiger partial charge in [0.05, 0.1) is 0 Å². The Morgan fingerprint density at radius 1 is 1.62 bits per heavy atom. The fourth-order valence-corrected chi connectivity index (χ4v) is 1.51. The van der Waals surface area contributed by atoms with Crippen LogP contribution in [0.1, 0.15) is 5.56 Å². The van der Waals surface area contributed by atoms with Crippen LogP contribution >= 0.6 is 12.4 Å². The molecule has 5 nitrogen and oxygen atoms in total. The fourth-order valence-electron chi connectivity index (χ4n) is 1.51. The maximum atomic E-state index is 10.6. The first-order valence-corrected chi connectivity index (χ1v) is 4.58. The maximum Gasteiger partial charge on any atom is 0.320 e. The van der Waals surface area contributed by atoms with Crippen LogP contribution in [0.2, 0.25) is 0 Å². The molecule has 0 amide bonds. The number of carbonyl (C=O) groups is 1. The van der Waals surface area contributed by atoms with E-state index >= 15 is 0 Å². The topological polar surface area (TPSA) is 92.0 Å². The van der Waals surface area contributed by atoms with Crippen molar-refractivity contribution in [2.75, 3.05) is 0 Å². The van der Waals surface area contributed by atoms with Crippen LogP contribution in [0.5, 0.6) is 0 Å². The Kier molecular flexibility index (Phi) is 3.87. The number of nitrogens with one attached hydrogen (secondary N) is 1. The standard InChI is InChI=1S/C10H11N3O2.ClH/c11-8(10(14)15)4-6-5-13-9-7(6)2-1-3-12-9;/h1-3,5,8H,4,11H2,(H,12,13)(H,14,15);1H/t8-;/m1./s1. The molecule has 0 unspecified atom stereocenters. The van der Waals surface area contributed by atoms with Gasteiger partial charge in [-0.1, -0.05) is 0 Å². The van der Waals surface area contributed by atoms with Gasteiger partial charge in [-0.25, -0.2) is 4.98 Å². The molecule has 0 fully saturated rings. The van der Waals surface area contributed by atoms with E-state index in [0.29, 0.717) is 6.42 Å². The first-order valence-electron chi connectivity index (χ1n) is 4.58. The zero-order valence-corrected chi connectivity index (χ0v) is 9.20. The summed E-state index contributed by atoms with van der Waals surface area (Å²) >= 11 is 0. The lowest BCUT2D eigenvalue weighted by molar-refractivity contribution is -0.138. The van der Waals surface area contributed by atoms with Crippen LogP contribution in [-0.4, -0.2) is 27.1 Å². The lowest BCUT2D eigenvalue weighted by Crippen LogP contribution is -2.32. The van der Waals surface area contributed by atoms with E-state index in [2.05, 4.69) is 9.97 Å². The van der Waals surface area contributed by atoms with Crippen molar-refractivity contribution >= 4 is 29.4 Å². The van der Waals surface area contributed by atoms with Gasteiger partial charge in [-0.2, -0.15) is 0 Å². The number of nitrogens with two attached hydrogens (primary N) is 1. The fraction of sp³-hybridized carbons (Fsp3) is 0.200. The maximum absolute atomic E-state index is 10.6. The molecule has 0 saturated carbocycles. The summed E-state index contributed by atoms with van der Waals surface area (Å²) in [6.45, 7) is 0. The number of nitrogens with zero attached hydrogens (tertiary/aromatic N) is 1. The van der Waals surface area contributed by atoms with E-state index in [1.165, 1.54) is 0 Å². The third kappa shape index (κ3) is 2.32. The van der Waals surface area contributed by atoms with Gasteiger partial charge in [0.1, 0.15) is 11.7 Å². The van der Waals surface area contributed by atoms with Crippen LogP contribution < -0.4 is 5.73 Å². The van der Waals surface area contributed by atoms with Crippen molar-refractivity contribution in [2.45, 2.75) is 12.5 Å². The number of aliphatic carboxylic acids is 1. The second-order valence-electron chi connectivity index (χ2n) is 3.36. The van der Waals surface area contributed by atoms with Gasteiger partial charge < -0.3 is 15.8 Å². The van der Waals surface area contributed by atoms with Gasteiger partial charge in [-0.3, -0.25) is 4.79 Å². The summed E-state index contributed by atoms with van der Waals surface area (Å²) in [5.41, 5.74) is 7.10. The van der Waals surface area contributed by atoms with E-state index in [4.69, 9.17) is 10.8 Å². The number of H-pyrrole nitrogens is 1. The number of aromatic amines is 1. The molecule has 0 aliphatic heterocycles. The van der Waals surface area contributed by atoms with Crippen molar-refractivity contribution in [3.63, 3.8) is 0 Å². The smallest absolute Gasteiger partial charge is 0.320 e. The van der Waals surface area contributed by atoms with E-state index < -0.39 is 12.0 Å². The number of hydrogen-bond acceptors (Lipinski definition) is 3. The second kappa shape index (κ2) is 4.96. The van der Waals surface area contributed by atoms with E-state index in [9.17, 15) is 4.79 Å². The van der Waals surface area contributed by atoms with Crippen LogP contribution in [0.3, 0.4) is 0 Å². The monoisotopic (exact) mass is 241 g/mol. The van der Waals surface area contributed by atoms with Crippen molar-refractivity contribution in [3.05, 3.63) is 30.1 Å². The summed E-state index contributed by atoms with van der Waals surface area (Å²) in [6, 6.07) is 2.83. The molecule has 0 aliphatic carbocycles. The highest BCUT2D eigenvalue weighted by atomic mass is 35.5. The number of pyridine rings is 1. The van der Waals surface area contributed by atoms with Gasteiger partial charge >= 0.3 is 5.97 Å². The lowest BCUT2D eigenvalue weighted by atomic mass is 10.1. The minimum absolute atomic E-state index is 0. The van der Waals surface area contributed by atoms with E-state index in [1.54, 1.807) is 12.4 Å². The highest BCUT2D eigenvalue weighted by molar-refractivity contribution is 5.85. The summed E-state index contributed by atoms with van der Waals surface area (Å²) in [7, 11) is 0. The van der Waals surface area contributed by atoms with Gasteiger partial charge in [0.2, 0.25) is 0 Å². The van der Waals surface area contributed by atoms with Gasteiger partial charge in [0.15, 0.2) is 0 Å². The minimum Gasteiger partial charge on any atom is -0.480 e. The molecule has 2 rings (SSSR count). The highest BCUT2D eigenvalue weighted by Crippen LogP contribution is 2.16. The molecular weight excluding hydrogens is 230 g/mol. The molecule has 0 radical (unpaired) electrons. The van der Waals surface area contributed by atoms with Gasteiger partial charge in [0.25, 0.3) is 0 Å². The average Bonchev–Trinajstić information content (AvgIpc) is 2.62. The number of halogens is 1. The molecule has 0 spiro atoms. The predicted molar refractivity (Wildman–Crippen MR) is 62.7 cm³/mol. The molecule has 4 N–H and O–H groups in total. The van der Waals surface area contributed by atoms with Crippen molar-refractivity contribution < 1.29 is 9.90 Å². The Balaban J connectivity index is 0.00000128. The Morgan fingerprint density at radius 3 is 3.06 bits per heavy atom. The molecule has 0 aliphatic rings. The van der Waals surface area contributed by atoms with Crippen molar-refractivity contribution in [3.8, 4) is 0 Å². The first-order chi connectivity index (χ1) is 7.18. The molecule has 2 aromatic rings. The number of carboxylic acid groups (broad SMARTS) is 1. The predicted octanol–water partition coefficient (Wildman–Crippen LogP) is 0.939. The largest absolute Gasteiger partial charge is 0.480 e.